The monoisotopic (exact) mass is 280 g/mol. The van der Waals surface area contributed by atoms with Crippen LogP contribution in [-0.4, -0.2) is 26.2 Å². The number of aromatic nitrogens is 1. The van der Waals surface area contributed by atoms with E-state index in [0.717, 1.165) is 38.3 Å². The summed E-state index contributed by atoms with van der Waals surface area (Å²) in [6.45, 7) is 5.47. The van der Waals surface area contributed by atoms with Crippen molar-refractivity contribution in [2.45, 2.75) is 6.54 Å². The van der Waals surface area contributed by atoms with E-state index < -0.39 is 0 Å². The number of nitriles is 1. The fourth-order valence-corrected chi connectivity index (χ4v) is 2.81. The van der Waals surface area contributed by atoms with Crippen LogP contribution >= 0.6 is 0 Å². The van der Waals surface area contributed by atoms with Crippen LogP contribution in [0.3, 0.4) is 0 Å². The maximum atomic E-state index is 8.82. The van der Waals surface area contributed by atoms with Crippen molar-refractivity contribution in [3.8, 4) is 6.07 Å². The summed E-state index contributed by atoms with van der Waals surface area (Å²) in [5.74, 6) is 1.20. The highest BCUT2D eigenvalue weighted by Gasteiger charge is 2.25. The lowest BCUT2D eigenvalue weighted by molar-refractivity contribution is -0.914. The van der Waals surface area contributed by atoms with Gasteiger partial charge in [-0.05, 0) is 18.2 Å². The molecule has 0 bridgehead atoms. The van der Waals surface area contributed by atoms with Crippen LogP contribution < -0.4 is 14.8 Å². The molecule has 0 amide bonds. The Morgan fingerprint density at radius 1 is 1.10 bits per heavy atom. The van der Waals surface area contributed by atoms with Crippen molar-refractivity contribution in [1.82, 2.24) is 0 Å². The van der Waals surface area contributed by atoms with Crippen LogP contribution in [-0.2, 0) is 6.54 Å². The van der Waals surface area contributed by atoms with Gasteiger partial charge in [-0.25, -0.2) is 4.98 Å². The molecule has 0 saturated carbocycles. The van der Waals surface area contributed by atoms with Crippen LogP contribution in [0, 0.1) is 11.3 Å². The number of benzene rings is 1. The Balaban J connectivity index is 1.55. The van der Waals surface area contributed by atoms with Gasteiger partial charge in [-0.15, -0.1) is 0 Å². The lowest BCUT2D eigenvalue weighted by Crippen LogP contribution is -3.13. The summed E-state index contributed by atoms with van der Waals surface area (Å²) in [5, 5.41) is 8.82. The Morgan fingerprint density at radius 2 is 1.86 bits per heavy atom. The number of aromatic amines is 1. The highest BCUT2D eigenvalue weighted by molar-refractivity contribution is 5.32. The van der Waals surface area contributed by atoms with E-state index in [1.807, 2.05) is 24.4 Å². The summed E-state index contributed by atoms with van der Waals surface area (Å²) in [7, 11) is 0. The van der Waals surface area contributed by atoms with Crippen LogP contribution in [0.1, 0.15) is 11.1 Å². The van der Waals surface area contributed by atoms with Gasteiger partial charge in [0.15, 0.2) is 0 Å². The molecule has 2 N–H and O–H groups in total. The zero-order valence-corrected chi connectivity index (χ0v) is 12.0. The Kier molecular flexibility index (Phi) is 4.13. The molecule has 1 aromatic carbocycles. The number of nitrogens with one attached hydrogen (secondary N) is 2. The minimum Gasteiger partial charge on any atom is -0.325 e. The molecule has 1 aromatic heterocycles. The lowest BCUT2D eigenvalue weighted by atomic mass is 10.1. The first-order valence-corrected chi connectivity index (χ1v) is 7.39. The Bertz CT molecular complexity index is 607. The fraction of sp³-hybridized carbons (Fsp3) is 0.294. The van der Waals surface area contributed by atoms with E-state index in [1.54, 1.807) is 4.90 Å². The Morgan fingerprint density at radius 3 is 2.48 bits per heavy atom. The summed E-state index contributed by atoms with van der Waals surface area (Å²) in [6, 6.07) is 16.3. The van der Waals surface area contributed by atoms with Gasteiger partial charge in [-0.3, -0.25) is 4.90 Å². The molecule has 106 valence electrons. The molecule has 2 heterocycles. The van der Waals surface area contributed by atoms with Gasteiger partial charge in [-0.2, -0.15) is 5.26 Å². The van der Waals surface area contributed by atoms with Crippen molar-refractivity contribution >= 4 is 5.82 Å². The third-order valence-electron chi connectivity index (χ3n) is 4.04. The highest BCUT2D eigenvalue weighted by atomic mass is 15.3. The SMILES string of the molecule is N#Cc1ccc(C[NH+]2CCN(c3cccc[nH+]3)CC2)cc1. The van der Waals surface area contributed by atoms with Crippen LogP contribution in [0.25, 0.3) is 0 Å². The first-order chi connectivity index (χ1) is 10.3. The molecular formula is C17H20N4+2. The maximum Gasteiger partial charge on any atom is 0.274 e. The predicted octanol–water partition coefficient (Wildman–Crippen LogP) is 0.277. The summed E-state index contributed by atoms with van der Waals surface area (Å²) < 4.78 is 0. The molecule has 4 nitrogen and oxygen atoms in total. The van der Waals surface area contributed by atoms with Crippen LogP contribution in [0.15, 0.2) is 48.7 Å². The average Bonchev–Trinajstić information content (AvgIpc) is 2.57. The van der Waals surface area contributed by atoms with Gasteiger partial charge in [0.2, 0.25) is 0 Å². The second-order valence-corrected chi connectivity index (χ2v) is 5.47. The minimum atomic E-state index is 0.734. The van der Waals surface area contributed by atoms with Crippen molar-refractivity contribution < 1.29 is 9.88 Å². The third-order valence-corrected chi connectivity index (χ3v) is 4.04. The molecule has 1 aliphatic rings. The number of anilines is 1. The summed E-state index contributed by atoms with van der Waals surface area (Å²) in [5.41, 5.74) is 2.04. The first-order valence-electron chi connectivity index (χ1n) is 7.39. The normalized spacial score (nSPS) is 15.7. The van der Waals surface area contributed by atoms with Gasteiger partial charge in [-0.1, -0.05) is 18.2 Å². The average molecular weight is 280 g/mol. The topological polar surface area (TPSA) is 45.6 Å². The maximum absolute atomic E-state index is 8.82. The van der Waals surface area contributed by atoms with Gasteiger partial charge < -0.3 is 4.90 Å². The molecule has 0 unspecified atom stereocenters. The molecule has 0 radical (unpaired) electrons. The molecule has 4 heteroatoms. The second-order valence-electron chi connectivity index (χ2n) is 5.47. The van der Waals surface area contributed by atoms with Gasteiger partial charge in [0, 0.05) is 11.6 Å². The van der Waals surface area contributed by atoms with Crippen molar-refractivity contribution in [3.05, 3.63) is 59.8 Å². The molecule has 21 heavy (non-hydrogen) atoms. The number of piperazine rings is 1. The van der Waals surface area contributed by atoms with Crippen molar-refractivity contribution in [2.75, 3.05) is 31.1 Å². The number of quaternary nitrogens is 1. The number of rotatable bonds is 3. The van der Waals surface area contributed by atoms with Crippen LogP contribution in [0.5, 0.6) is 0 Å². The summed E-state index contributed by atoms with van der Waals surface area (Å²) >= 11 is 0. The Labute approximate surface area is 125 Å². The lowest BCUT2D eigenvalue weighted by Gasteiger charge is -2.28. The quantitative estimate of drug-likeness (QED) is 0.877. The zero-order chi connectivity index (χ0) is 14.5. The molecule has 1 saturated heterocycles. The largest absolute Gasteiger partial charge is 0.325 e. The van der Waals surface area contributed by atoms with E-state index in [1.165, 1.54) is 11.4 Å². The van der Waals surface area contributed by atoms with Crippen LogP contribution in [0.2, 0.25) is 0 Å². The molecule has 1 aliphatic heterocycles. The van der Waals surface area contributed by atoms with Gasteiger partial charge in [0.1, 0.15) is 32.7 Å². The molecular weight excluding hydrogens is 260 g/mol. The van der Waals surface area contributed by atoms with Gasteiger partial charge in [0.25, 0.3) is 5.82 Å². The van der Waals surface area contributed by atoms with Gasteiger partial charge in [0.05, 0.1) is 17.8 Å². The van der Waals surface area contributed by atoms with E-state index in [2.05, 4.69) is 40.2 Å². The number of hydrogen-bond acceptors (Lipinski definition) is 2. The Hall–Kier alpha value is -2.38. The molecule has 3 rings (SSSR count). The first kappa shape index (κ1) is 13.6. The number of pyridine rings is 1. The molecule has 0 aliphatic carbocycles. The molecule has 0 atom stereocenters. The van der Waals surface area contributed by atoms with E-state index in [9.17, 15) is 0 Å². The number of nitrogens with zero attached hydrogens (tertiary/aromatic N) is 2. The molecule has 0 spiro atoms. The summed E-state index contributed by atoms with van der Waals surface area (Å²) in [6.07, 6.45) is 1.98. The standard InChI is InChI=1S/C17H18N4/c18-13-15-4-6-16(7-5-15)14-20-9-11-21(12-10-20)17-3-1-2-8-19-17/h1-8H,9-12,14H2/p+2. The second kappa shape index (κ2) is 6.38. The van der Waals surface area contributed by atoms with Crippen molar-refractivity contribution in [1.29, 1.82) is 5.26 Å². The highest BCUT2D eigenvalue weighted by Crippen LogP contribution is 2.05. The van der Waals surface area contributed by atoms with Crippen molar-refractivity contribution in [2.24, 2.45) is 0 Å². The predicted molar refractivity (Wildman–Crippen MR) is 80.8 cm³/mol. The van der Waals surface area contributed by atoms with E-state index in [-0.39, 0.29) is 0 Å². The van der Waals surface area contributed by atoms with E-state index in [4.69, 9.17) is 5.26 Å². The van der Waals surface area contributed by atoms with E-state index in [0.29, 0.717) is 0 Å². The number of hydrogen-bond donors (Lipinski definition) is 1. The zero-order valence-electron chi connectivity index (χ0n) is 12.0. The molecule has 1 fully saturated rings. The smallest absolute Gasteiger partial charge is 0.274 e. The minimum absolute atomic E-state index is 0.734. The fourth-order valence-electron chi connectivity index (χ4n) is 2.81. The van der Waals surface area contributed by atoms with Crippen LogP contribution in [0.4, 0.5) is 5.82 Å². The molecule has 2 aromatic rings. The third kappa shape index (κ3) is 3.39. The van der Waals surface area contributed by atoms with E-state index >= 15 is 0 Å². The summed E-state index contributed by atoms with van der Waals surface area (Å²) in [4.78, 5) is 7.31. The van der Waals surface area contributed by atoms with Gasteiger partial charge >= 0.3 is 0 Å². The van der Waals surface area contributed by atoms with Crippen molar-refractivity contribution in [3.63, 3.8) is 0 Å². The number of H-pyrrole nitrogens is 1.